The summed E-state index contributed by atoms with van der Waals surface area (Å²) in [4.78, 5) is 12.0. The molecule has 1 aromatic rings. The largest absolute Gasteiger partial charge is 0.379 e. The van der Waals surface area contributed by atoms with Gasteiger partial charge in [-0.05, 0) is 34.1 Å². The van der Waals surface area contributed by atoms with E-state index in [1.54, 1.807) is 18.2 Å². The van der Waals surface area contributed by atoms with Crippen LogP contribution in [0.2, 0.25) is 0 Å². The first kappa shape index (κ1) is 13.0. The summed E-state index contributed by atoms with van der Waals surface area (Å²) in [5.74, 6) is -0.488. The second kappa shape index (κ2) is 5.48. The molecule has 1 aliphatic rings. The lowest BCUT2D eigenvalue weighted by atomic mass is 10.0. The van der Waals surface area contributed by atoms with Crippen LogP contribution >= 0.6 is 15.9 Å². The minimum Gasteiger partial charge on any atom is -0.379 e. The van der Waals surface area contributed by atoms with Crippen molar-refractivity contribution in [1.82, 2.24) is 0 Å². The Morgan fingerprint density at radius 2 is 2.33 bits per heavy atom. The number of hydrogen-bond donors (Lipinski definition) is 2. The number of anilines is 1. The van der Waals surface area contributed by atoms with Crippen molar-refractivity contribution in [3.05, 3.63) is 28.2 Å². The summed E-state index contributed by atoms with van der Waals surface area (Å²) < 4.78 is 5.82. The molecule has 2 atom stereocenters. The summed E-state index contributed by atoms with van der Waals surface area (Å²) in [6.07, 6.45) is 0. The van der Waals surface area contributed by atoms with Gasteiger partial charge in [0.25, 0.3) is 0 Å². The number of nitrogens with two attached hydrogens (primary N) is 1. The van der Waals surface area contributed by atoms with Crippen LogP contribution in [0.15, 0.2) is 22.7 Å². The molecule has 1 amide bonds. The lowest BCUT2D eigenvalue weighted by Gasteiger charge is -2.14. The molecule has 0 spiro atoms. The summed E-state index contributed by atoms with van der Waals surface area (Å²) >= 11 is 3.31. The minimum absolute atomic E-state index is 0.162. The van der Waals surface area contributed by atoms with E-state index in [9.17, 15) is 4.79 Å². The number of nitrogens with one attached hydrogen (secondary N) is 1. The molecule has 1 heterocycles. The third-order valence-corrected chi connectivity index (χ3v) is 3.47. The number of nitriles is 1. The van der Waals surface area contributed by atoms with E-state index in [-0.39, 0.29) is 17.9 Å². The smallest absolute Gasteiger partial charge is 0.231 e. The lowest BCUT2D eigenvalue weighted by Crippen LogP contribution is -2.37. The second-order valence-corrected chi connectivity index (χ2v) is 4.96. The van der Waals surface area contributed by atoms with E-state index in [1.807, 2.05) is 6.07 Å². The Morgan fingerprint density at radius 3 is 2.89 bits per heavy atom. The number of rotatable bonds is 2. The molecule has 18 heavy (non-hydrogen) atoms. The zero-order chi connectivity index (χ0) is 13.1. The average Bonchev–Trinajstić information content (AvgIpc) is 2.78. The van der Waals surface area contributed by atoms with Gasteiger partial charge >= 0.3 is 0 Å². The van der Waals surface area contributed by atoms with E-state index < -0.39 is 0 Å². The Bertz CT molecular complexity index is 513. The molecule has 0 aromatic heterocycles. The fourth-order valence-electron chi connectivity index (χ4n) is 1.75. The molecule has 0 saturated carbocycles. The van der Waals surface area contributed by atoms with Crippen molar-refractivity contribution in [3.8, 4) is 6.07 Å². The van der Waals surface area contributed by atoms with Crippen LogP contribution in [-0.4, -0.2) is 25.2 Å². The van der Waals surface area contributed by atoms with Gasteiger partial charge in [-0.25, -0.2) is 0 Å². The highest BCUT2D eigenvalue weighted by Gasteiger charge is 2.31. The molecule has 5 nitrogen and oxygen atoms in total. The number of ether oxygens (including phenoxy) is 1. The predicted octanol–water partition coefficient (Wildman–Crippen LogP) is 1.23. The van der Waals surface area contributed by atoms with Crippen LogP contribution < -0.4 is 11.1 Å². The van der Waals surface area contributed by atoms with E-state index in [0.29, 0.717) is 28.9 Å². The molecule has 2 unspecified atom stereocenters. The molecule has 1 fully saturated rings. The summed E-state index contributed by atoms with van der Waals surface area (Å²) in [7, 11) is 0. The zero-order valence-corrected chi connectivity index (χ0v) is 11.1. The number of benzene rings is 1. The highest BCUT2D eigenvalue weighted by atomic mass is 79.9. The van der Waals surface area contributed by atoms with Crippen LogP contribution in [0.3, 0.4) is 0 Å². The minimum atomic E-state index is -0.326. The fourth-order valence-corrected chi connectivity index (χ4v) is 2.23. The molecular formula is C12H12BrN3O2. The number of hydrogen-bond acceptors (Lipinski definition) is 4. The molecule has 1 aromatic carbocycles. The first-order valence-electron chi connectivity index (χ1n) is 5.45. The van der Waals surface area contributed by atoms with Gasteiger partial charge in [-0.2, -0.15) is 5.26 Å². The third kappa shape index (κ3) is 2.70. The summed E-state index contributed by atoms with van der Waals surface area (Å²) in [5.41, 5.74) is 6.93. The standard InChI is InChI=1S/C12H12BrN3O2/c13-9-3-7(4-14)1-2-11(9)16-12(17)8-5-18-6-10(8)15/h1-3,8,10H,5-6,15H2,(H,16,17). The maximum Gasteiger partial charge on any atom is 0.231 e. The Kier molecular flexibility index (Phi) is 3.97. The molecule has 0 bridgehead atoms. The quantitative estimate of drug-likeness (QED) is 0.860. The molecule has 6 heteroatoms. The van der Waals surface area contributed by atoms with Crippen molar-refractivity contribution in [1.29, 1.82) is 5.26 Å². The predicted molar refractivity (Wildman–Crippen MR) is 69.8 cm³/mol. The number of carbonyl (C=O) groups excluding carboxylic acids is 1. The van der Waals surface area contributed by atoms with Gasteiger partial charge in [0.2, 0.25) is 5.91 Å². The van der Waals surface area contributed by atoms with Crippen LogP contribution in [0.4, 0.5) is 5.69 Å². The third-order valence-electron chi connectivity index (χ3n) is 2.82. The normalized spacial score (nSPS) is 22.5. The Morgan fingerprint density at radius 1 is 1.56 bits per heavy atom. The van der Waals surface area contributed by atoms with Crippen LogP contribution in [-0.2, 0) is 9.53 Å². The van der Waals surface area contributed by atoms with E-state index in [1.165, 1.54) is 0 Å². The van der Waals surface area contributed by atoms with Crippen molar-refractivity contribution in [2.45, 2.75) is 6.04 Å². The van der Waals surface area contributed by atoms with Crippen molar-refractivity contribution in [3.63, 3.8) is 0 Å². The molecule has 1 aliphatic heterocycles. The molecule has 3 N–H and O–H groups in total. The number of carbonyl (C=O) groups is 1. The van der Waals surface area contributed by atoms with Gasteiger partial charge in [0.15, 0.2) is 0 Å². The summed E-state index contributed by atoms with van der Waals surface area (Å²) in [6, 6.07) is 6.75. The van der Waals surface area contributed by atoms with Gasteiger partial charge in [0.05, 0.1) is 36.5 Å². The van der Waals surface area contributed by atoms with E-state index in [4.69, 9.17) is 15.7 Å². The van der Waals surface area contributed by atoms with E-state index in [2.05, 4.69) is 21.2 Å². The molecular weight excluding hydrogens is 298 g/mol. The van der Waals surface area contributed by atoms with Crippen molar-refractivity contribution < 1.29 is 9.53 Å². The first-order chi connectivity index (χ1) is 8.61. The molecule has 94 valence electrons. The maximum absolute atomic E-state index is 12.0. The van der Waals surface area contributed by atoms with Crippen molar-refractivity contribution >= 4 is 27.5 Å². The summed E-state index contributed by atoms with van der Waals surface area (Å²) in [5, 5.41) is 11.5. The Balaban J connectivity index is 2.10. The van der Waals surface area contributed by atoms with Crippen LogP contribution in [0.1, 0.15) is 5.56 Å². The SMILES string of the molecule is N#Cc1ccc(NC(=O)C2COCC2N)c(Br)c1. The monoisotopic (exact) mass is 309 g/mol. The number of nitrogens with zero attached hydrogens (tertiary/aromatic N) is 1. The zero-order valence-electron chi connectivity index (χ0n) is 9.52. The maximum atomic E-state index is 12.0. The second-order valence-electron chi connectivity index (χ2n) is 4.10. The van der Waals surface area contributed by atoms with Gasteiger partial charge in [-0.1, -0.05) is 0 Å². The van der Waals surface area contributed by atoms with Gasteiger partial charge < -0.3 is 15.8 Å². The number of amides is 1. The highest BCUT2D eigenvalue weighted by Crippen LogP contribution is 2.24. The van der Waals surface area contributed by atoms with Gasteiger partial charge in [0.1, 0.15) is 0 Å². The van der Waals surface area contributed by atoms with Crippen molar-refractivity contribution in [2.75, 3.05) is 18.5 Å². The first-order valence-corrected chi connectivity index (χ1v) is 6.25. The molecule has 1 saturated heterocycles. The topological polar surface area (TPSA) is 88.1 Å². The Hall–Kier alpha value is -1.42. The van der Waals surface area contributed by atoms with Gasteiger partial charge in [-0.15, -0.1) is 0 Å². The van der Waals surface area contributed by atoms with Crippen LogP contribution in [0, 0.1) is 17.2 Å². The molecule has 0 aliphatic carbocycles. The van der Waals surface area contributed by atoms with E-state index >= 15 is 0 Å². The Labute approximate surface area is 113 Å². The number of halogens is 1. The highest BCUT2D eigenvalue weighted by molar-refractivity contribution is 9.10. The van der Waals surface area contributed by atoms with Gasteiger partial charge in [-0.3, -0.25) is 4.79 Å². The van der Waals surface area contributed by atoms with E-state index in [0.717, 1.165) is 0 Å². The lowest BCUT2D eigenvalue weighted by molar-refractivity contribution is -0.120. The molecule has 0 radical (unpaired) electrons. The van der Waals surface area contributed by atoms with Crippen LogP contribution in [0.25, 0.3) is 0 Å². The fraction of sp³-hybridized carbons (Fsp3) is 0.333. The molecule has 2 rings (SSSR count). The summed E-state index contributed by atoms with van der Waals surface area (Å²) in [6.45, 7) is 0.757. The van der Waals surface area contributed by atoms with Gasteiger partial charge in [0, 0.05) is 10.5 Å². The van der Waals surface area contributed by atoms with Crippen LogP contribution in [0.5, 0.6) is 0 Å². The average molecular weight is 310 g/mol. The van der Waals surface area contributed by atoms with Crippen molar-refractivity contribution in [2.24, 2.45) is 11.7 Å².